The van der Waals surface area contributed by atoms with Gasteiger partial charge < -0.3 is 15.2 Å². The first-order valence-corrected chi connectivity index (χ1v) is 5.58. The van der Waals surface area contributed by atoms with Crippen molar-refractivity contribution in [3.05, 3.63) is 21.9 Å². The summed E-state index contributed by atoms with van der Waals surface area (Å²) >= 11 is 1.32. The highest BCUT2D eigenvalue weighted by Gasteiger charge is 2.12. The third kappa shape index (κ3) is 3.63. The Hall–Kier alpha value is -1.40. The fourth-order valence-electron chi connectivity index (χ4n) is 1.17. The molecule has 88 valence electrons. The number of rotatable bonds is 6. The van der Waals surface area contributed by atoms with Crippen molar-refractivity contribution >= 4 is 23.2 Å². The number of carboxylic acids is 1. The van der Waals surface area contributed by atoms with Crippen molar-refractivity contribution in [2.45, 2.75) is 13.0 Å². The summed E-state index contributed by atoms with van der Waals surface area (Å²) < 4.78 is 4.95. The number of aliphatic carboxylic acids is 1. The Balaban J connectivity index is 2.52. The van der Waals surface area contributed by atoms with Crippen molar-refractivity contribution in [3.63, 3.8) is 0 Å². The molecule has 0 spiro atoms. The van der Waals surface area contributed by atoms with Crippen LogP contribution in [-0.4, -0.2) is 30.6 Å². The SMILES string of the molecule is COCc1ccsc1C(=O)NCCC(=O)O. The van der Waals surface area contributed by atoms with Crippen molar-refractivity contribution < 1.29 is 19.4 Å². The smallest absolute Gasteiger partial charge is 0.305 e. The van der Waals surface area contributed by atoms with E-state index in [0.717, 1.165) is 5.56 Å². The molecule has 1 aromatic rings. The largest absolute Gasteiger partial charge is 0.481 e. The fourth-order valence-corrected chi connectivity index (χ4v) is 1.99. The van der Waals surface area contributed by atoms with Gasteiger partial charge in [0.2, 0.25) is 0 Å². The van der Waals surface area contributed by atoms with E-state index in [1.807, 2.05) is 6.07 Å². The molecule has 0 aliphatic rings. The lowest BCUT2D eigenvalue weighted by molar-refractivity contribution is -0.136. The van der Waals surface area contributed by atoms with E-state index in [1.165, 1.54) is 11.3 Å². The van der Waals surface area contributed by atoms with Crippen molar-refractivity contribution in [1.29, 1.82) is 0 Å². The zero-order valence-electron chi connectivity index (χ0n) is 8.86. The highest BCUT2D eigenvalue weighted by atomic mass is 32.1. The van der Waals surface area contributed by atoms with Crippen LogP contribution in [0.3, 0.4) is 0 Å². The summed E-state index contributed by atoms with van der Waals surface area (Å²) in [6.07, 6.45) is -0.0727. The van der Waals surface area contributed by atoms with Gasteiger partial charge in [0, 0.05) is 19.2 Å². The summed E-state index contributed by atoms with van der Waals surface area (Å²) in [5, 5.41) is 12.8. The molecule has 1 amide bonds. The van der Waals surface area contributed by atoms with E-state index >= 15 is 0 Å². The summed E-state index contributed by atoms with van der Waals surface area (Å²) in [4.78, 5) is 22.5. The number of nitrogens with one attached hydrogen (secondary N) is 1. The molecule has 0 bridgehead atoms. The fraction of sp³-hybridized carbons (Fsp3) is 0.400. The number of methoxy groups -OCH3 is 1. The quantitative estimate of drug-likeness (QED) is 0.784. The summed E-state index contributed by atoms with van der Waals surface area (Å²) in [6.45, 7) is 0.518. The van der Waals surface area contributed by atoms with Crippen LogP contribution in [0.25, 0.3) is 0 Å². The van der Waals surface area contributed by atoms with Crippen LogP contribution in [-0.2, 0) is 16.1 Å². The number of hydrogen-bond acceptors (Lipinski definition) is 4. The molecule has 1 rings (SSSR count). The Labute approximate surface area is 97.0 Å². The van der Waals surface area contributed by atoms with Gasteiger partial charge in [-0.25, -0.2) is 0 Å². The van der Waals surface area contributed by atoms with Gasteiger partial charge in [-0.3, -0.25) is 9.59 Å². The number of amides is 1. The third-order valence-electron chi connectivity index (χ3n) is 1.88. The van der Waals surface area contributed by atoms with Crippen molar-refractivity contribution in [2.75, 3.05) is 13.7 Å². The summed E-state index contributed by atoms with van der Waals surface area (Å²) in [7, 11) is 1.56. The summed E-state index contributed by atoms with van der Waals surface area (Å²) in [6, 6.07) is 1.82. The zero-order valence-corrected chi connectivity index (χ0v) is 9.67. The van der Waals surface area contributed by atoms with E-state index < -0.39 is 5.97 Å². The molecule has 1 aromatic heterocycles. The second-order valence-electron chi connectivity index (χ2n) is 3.11. The molecule has 0 aliphatic heterocycles. The first-order valence-electron chi connectivity index (χ1n) is 4.70. The minimum Gasteiger partial charge on any atom is -0.481 e. The van der Waals surface area contributed by atoms with Gasteiger partial charge in [-0.05, 0) is 11.4 Å². The number of ether oxygens (including phenoxy) is 1. The van der Waals surface area contributed by atoms with E-state index in [4.69, 9.17) is 9.84 Å². The molecule has 5 nitrogen and oxygen atoms in total. The maximum atomic E-state index is 11.6. The van der Waals surface area contributed by atoms with Gasteiger partial charge in [0.25, 0.3) is 5.91 Å². The maximum absolute atomic E-state index is 11.6. The number of hydrogen-bond donors (Lipinski definition) is 2. The molecule has 0 radical (unpaired) electrons. The van der Waals surface area contributed by atoms with Crippen LogP contribution in [0.4, 0.5) is 0 Å². The molecule has 6 heteroatoms. The number of carboxylic acid groups (broad SMARTS) is 1. The van der Waals surface area contributed by atoms with Gasteiger partial charge in [0.15, 0.2) is 0 Å². The van der Waals surface area contributed by atoms with Crippen LogP contribution < -0.4 is 5.32 Å². The molecular formula is C10H13NO4S. The van der Waals surface area contributed by atoms with Crippen LogP contribution >= 0.6 is 11.3 Å². The molecule has 0 fully saturated rings. The number of carbonyl (C=O) groups excluding carboxylic acids is 1. The van der Waals surface area contributed by atoms with E-state index in [2.05, 4.69) is 5.32 Å². The number of thiophene rings is 1. The van der Waals surface area contributed by atoms with Crippen LogP contribution in [0, 0.1) is 0 Å². The second-order valence-corrected chi connectivity index (χ2v) is 4.02. The lowest BCUT2D eigenvalue weighted by Crippen LogP contribution is -2.26. The van der Waals surface area contributed by atoms with Crippen LogP contribution in [0.5, 0.6) is 0 Å². The van der Waals surface area contributed by atoms with Crippen LogP contribution in [0.15, 0.2) is 11.4 Å². The topological polar surface area (TPSA) is 75.6 Å². The highest BCUT2D eigenvalue weighted by molar-refractivity contribution is 7.12. The Kier molecular flexibility index (Phi) is 4.94. The zero-order chi connectivity index (χ0) is 12.0. The van der Waals surface area contributed by atoms with E-state index in [0.29, 0.717) is 11.5 Å². The molecule has 0 saturated heterocycles. The molecule has 0 aromatic carbocycles. The van der Waals surface area contributed by atoms with Crippen LogP contribution in [0.1, 0.15) is 21.7 Å². The van der Waals surface area contributed by atoms with E-state index in [-0.39, 0.29) is 18.9 Å². The summed E-state index contributed by atoms with van der Waals surface area (Å²) in [5.74, 6) is -1.17. The second kappa shape index (κ2) is 6.24. The van der Waals surface area contributed by atoms with Crippen molar-refractivity contribution in [1.82, 2.24) is 5.32 Å². The Bertz CT molecular complexity index is 375. The van der Waals surface area contributed by atoms with Gasteiger partial charge in [-0.15, -0.1) is 11.3 Å². The normalized spacial score (nSPS) is 10.1. The lowest BCUT2D eigenvalue weighted by Gasteiger charge is -2.04. The first kappa shape index (κ1) is 12.7. The van der Waals surface area contributed by atoms with Crippen molar-refractivity contribution in [2.24, 2.45) is 0 Å². The monoisotopic (exact) mass is 243 g/mol. The maximum Gasteiger partial charge on any atom is 0.305 e. The van der Waals surface area contributed by atoms with Gasteiger partial charge in [-0.2, -0.15) is 0 Å². The Morgan fingerprint density at radius 2 is 2.31 bits per heavy atom. The Morgan fingerprint density at radius 1 is 1.56 bits per heavy atom. The molecule has 2 N–H and O–H groups in total. The molecule has 0 aliphatic carbocycles. The molecule has 0 unspecified atom stereocenters. The molecule has 0 saturated carbocycles. The first-order chi connectivity index (χ1) is 7.65. The van der Waals surface area contributed by atoms with Gasteiger partial charge >= 0.3 is 5.97 Å². The molecule has 1 heterocycles. The summed E-state index contributed by atoms with van der Waals surface area (Å²) in [5.41, 5.74) is 0.820. The molecular weight excluding hydrogens is 230 g/mol. The van der Waals surface area contributed by atoms with E-state index in [9.17, 15) is 9.59 Å². The average Bonchev–Trinajstić information content (AvgIpc) is 2.66. The van der Waals surface area contributed by atoms with E-state index in [1.54, 1.807) is 12.5 Å². The predicted molar refractivity (Wildman–Crippen MR) is 59.6 cm³/mol. The minimum absolute atomic E-state index is 0.0727. The third-order valence-corrected chi connectivity index (χ3v) is 2.83. The van der Waals surface area contributed by atoms with Gasteiger partial charge in [0.1, 0.15) is 0 Å². The van der Waals surface area contributed by atoms with Gasteiger partial charge in [-0.1, -0.05) is 0 Å². The standard InChI is InChI=1S/C10H13NO4S/c1-15-6-7-3-5-16-9(7)10(14)11-4-2-8(12)13/h3,5H,2,4,6H2,1H3,(H,11,14)(H,12,13). The average molecular weight is 243 g/mol. The van der Waals surface area contributed by atoms with Gasteiger partial charge in [0.05, 0.1) is 17.9 Å². The van der Waals surface area contributed by atoms with Crippen molar-refractivity contribution in [3.8, 4) is 0 Å². The lowest BCUT2D eigenvalue weighted by atomic mass is 10.2. The number of carbonyl (C=O) groups is 2. The predicted octanol–water partition coefficient (Wildman–Crippen LogP) is 1.10. The molecule has 16 heavy (non-hydrogen) atoms. The highest BCUT2D eigenvalue weighted by Crippen LogP contribution is 2.17. The minimum atomic E-state index is -0.927. The molecule has 0 atom stereocenters. The Morgan fingerprint density at radius 3 is 2.94 bits per heavy atom. The van der Waals surface area contributed by atoms with Crippen LogP contribution in [0.2, 0.25) is 0 Å².